The van der Waals surface area contributed by atoms with Gasteiger partial charge in [-0.2, -0.15) is 0 Å². The summed E-state index contributed by atoms with van der Waals surface area (Å²) in [7, 11) is 3.37. The Balaban J connectivity index is 2.17. The van der Waals surface area contributed by atoms with Crippen molar-refractivity contribution in [3.63, 3.8) is 0 Å². The summed E-state index contributed by atoms with van der Waals surface area (Å²) in [5.74, 6) is 1.61. The Labute approximate surface area is 126 Å². The Morgan fingerprint density at radius 2 is 1.85 bits per heavy atom. The van der Waals surface area contributed by atoms with Crippen LogP contribution in [-0.2, 0) is 6.54 Å². The SMILES string of the molecule is CCC1(NCc2cc(OC)c(OC)cc2SC)CCC1. The molecule has 1 aromatic rings. The van der Waals surface area contributed by atoms with Gasteiger partial charge in [-0.25, -0.2) is 0 Å². The van der Waals surface area contributed by atoms with Crippen molar-refractivity contribution in [2.45, 2.75) is 49.6 Å². The van der Waals surface area contributed by atoms with E-state index in [0.29, 0.717) is 5.54 Å². The first kappa shape index (κ1) is 15.5. The third kappa shape index (κ3) is 3.07. The molecule has 0 spiro atoms. The second kappa shape index (κ2) is 6.72. The zero-order chi connectivity index (χ0) is 14.6. The molecular weight excluding hydrogens is 270 g/mol. The van der Waals surface area contributed by atoms with Gasteiger partial charge in [0.05, 0.1) is 14.2 Å². The molecule has 112 valence electrons. The Morgan fingerprint density at radius 1 is 1.20 bits per heavy atom. The average molecular weight is 295 g/mol. The van der Waals surface area contributed by atoms with Crippen molar-refractivity contribution in [1.82, 2.24) is 5.32 Å². The summed E-state index contributed by atoms with van der Waals surface area (Å²) < 4.78 is 10.8. The summed E-state index contributed by atoms with van der Waals surface area (Å²) in [5.41, 5.74) is 1.65. The number of benzene rings is 1. The van der Waals surface area contributed by atoms with Crippen LogP contribution in [0.25, 0.3) is 0 Å². The summed E-state index contributed by atoms with van der Waals surface area (Å²) in [5, 5.41) is 3.75. The van der Waals surface area contributed by atoms with E-state index >= 15 is 0 Å². The quantitative estimate of drug-likeness (QED) is 0.774. The molecule has 4 heteroatoms. The maximum atomic E-state index is 5.41. The molecule has 20 heavy (non-hydrogen) atoms. The first-order chi connectivity index (χ1) is 9.68. The molecule has 1 saturated carbocycles. The van der Waals surface area contributed by atoms with E-state index in [9.17, 15) is 0 Å². The third-order valence-electron chi connectivity index (χ3n) is 4.43. The minimum atomic E-state index is 0.364. The fourth-order valence-electron chi connectivity index (χ4n) is 2.77. The molecule has 1 N–H and O–H groups in total. The van der Waals surface area contributed by atoms with Crippen LogP contribution >= 0.6 is 11.8 Å². The first-order valence-electron chi connectivity index (χ1n) is 7.22. The van der Waals surface area contributed by atoms with Crippen LogP contribution in [0, 0.1) is 0 Å². The Hall–Kier alpha value is -0.870. The van der Waals surface area contributed by atoms with Crippen LogP contribution in [0.3, 0.4) is 0 Å². The molecule has 3 nitrogen and oxygen atoms in total. The molecule has 0 unspecified atom stereocenters. The summed E-state index contributed by atoms with van der Waals surface area (Å²) in [6.45, 7) is 3.17. The van der Waals surface area contributed by atoms with E-state index < -0.39 is 0 Å². The average Bonchev–Trinajstić information content (AvgIpc) is 2.45. The molecular formula is C16H25NO2S. The minimum Gasteiger partial charge on any atom is -0.493 e. The van der Waals surface area contributed by atoms with Crippen LogP contribution in [0.2, 0.25) is 0 Å². The summed E-state index contributed by atoms with van der Waals surface area (Å²) in [6.07, 6.45) is 7.25. The largest absolute Gasteiger partial charge is 0.493 e. The lowest BCUT2D eigenvalue weighted by atomic mass is 9.75. The lowest BCUT2D eigenvalue weighted by molar-refractivity contribution is 0.175. The first-order valence-corrected chi connectivity index (χ1v) is 8.44. The lowest BCUT2D eigenvalue weighted by Crippen LogP contribution is -2.49. The summed E-state index contributed by atoms with van der Waals surface area (Å²) in [6, 6.07) is 4.17. The van der Waals surface area contributed by atoms with Gasteiger partial charge in [0, 0.05) is 17.0 Å². The number of ether oxygens (including phenoxy) is 2. The molecule has 0 saturated heterocycles. The van der Waals surface area contributed by atoms with Crippen molar-refractivity contribution >= 4 is 11.8 Å². The van der Waals surface area contributed by atoms with Crippen molar-refractivity contribution in [3.05, 3.63) is 17.7 Å². The molecule has 0 radical (unpaired) electrons. The van der Waals surface area contributed by atoms with E-state index in [0.717, 1.165) is 18.0 Å². The fourth-order valence-corrected chi connectivity index (χ4v) is 3.39. The monoisotopic (exact) mass is 295 g/mol. The van der Waals surface area contributed by atoms with Crippen molar-refractivity contribution in [3.8, 4) is 11.5 Å². The Morgan fingerprint density at radius 3 is 2.30 bits per heavy atom. The molecule has 0 bridgehead atoms. The van der Waals surface area contributed by atoms with Crippen molar-refractivity contribution < 1.29 is 9.47 Å². The standard InChI is InChI=1S/C16H25NO2S/c1-5-16(7-6-8-16)17-11-12-9-13(18-2)14(19-3)10-15(12)20-4/h9-10,17H,5-8,11H2,1-4H3. The van der Waals surface area contributed by atoms with Crippen molar-refractivity contribution in [1.29, 1.82) is 0 Å². The van der Waals surface area contributed by atoms with E-state index in [2.05, 4.69) is 30.6 Å². The van der Waals surface area contributed by atoms with E-state index in [1.165, 1.54) is 36.1 Å². The van der Waals surface area contributed by atoms with Gasteiger partial charge in [0.25, 0.3) is 0 Å². The van der Waals surface area contributed by atoms with Gasteiger partial charge in [0.1, 0.15) is 0 Å². The normalized spacial score (nSPS) is 16.6. The second-order valence-corrected chi connectivity index (χ2v) is 6.21. The fraction of sp³-hybridized carbons (Fsp3) is 0.625. The van der Waals surface area contributed by atoms with Gasteiger partial charge in [0.2, 0.25) is 0 Å². The van der Waals surface area contributed by atoms with E-state index in [4.69, 9.17) is 9.47 Å². The molecule has 1 aliphatic carbocycles. The summed E-state index contributed by atoms with van der Waals surface area (Å²) in [4.78, 5) is 1.25. The van der Waals surface area contributed by atoms with E-state index in [-0.39, 0.29) is 0 Å². The number of methoxy groups -OCH3 is 2. The number of hydrogen-bond acceptors (Lipinski definition) is 4. The maximum Gasteiger partial charge on any atom is 0.161 e. The lowest BCUT2D eigenvalue weighted by Gasteiger charge is -2.42. The van der Waals surface area contributed by atoms with Crippen molar-refractivity contribution in [2.75, 3.05) is 20.5 Å². The molecule has 0 atom stereocenters. The highest BCUT2D eigenvalue weighted by Gasteiger charge is 2.34. The van der Waals surface area contributed by atoms with Gasteiger partial charge in [-0.1, -0.05) is 6.92 Å². The number of rotatable bonds is 7. The number of hydrogen-bond donors (Lipinski definition) is 1. The van der Waals surface area contributed by atoms with Gasteiger partial charge in [-0.15, -0.1) is 11.8 Å². The topological polar surface area (TPSA) is 30.5 Å². The van der Waals surface area contributed by atoms with Crippen LogP contribution in [0.15, 0.2) is 17.0 Å². The molecule has 0 aromatic heterocycles. The van der Waals surface area contributed by atoms with Crippen LogP contribution in [-0.4, -0.2) is 26.0 Å². The Bertz CT molecular complexity index is 453. The highest BCUT2D eigenvalue weighted by atomic mass is 32.2. The zero-order valence-electron chi connectivity index (χ0n) is 12.9. The molecule has 1 aromatic carbocycles. The smallest absolute Gasteiger partial charge is 0.161 e. The summed E-state index contributed by atoms with van der Waals surface area (Å²) >= 11 is 1.75. The minimum absolute atomic E-state index is 0.364. The van der Waals surface area contributed by atoms with E-state index in [1.807, 2.05) is 0 Å². The molecule has 2 rings (SSSR count). The van der Waals surface area contributed by atoms with Gasteiger partial charge in [0.15, 0.2) is 11.5 Å². The molecule has 0 amide bonds. The highest BCUT2D eigenvalue weighted by Crippen LogP contribution is 2.37. The molecule has 0 heterocycles. The van der Waals surface area contributed by atoms with Gasteiger partial charge < -0.3 is 14.8 Å². The number of thioether (sulfide) groups is 1. The van der Waals surface area contributed by atoms with Crippen LogP contribution < -0.4 is 14.8 Å². The van der Waals surface area contributed by atoms with E-state index in [1.54, 1.807) is 26.0 Å². The second-order valence-electron chi connectivity index (χ2n) is 5.36. The molecule has 0 aliphatic heterocycles. The molecule has 1 fully saturated rings. The third-order valence-corrected chi connectivity index (χ3v) is 5.25. The highest BCUT2D eigenvalue weighted by molar-refractivity contribution is 7.98. The maximum absolute atomic E-state index is 5.41. The van der Waals surface area contributed by atoms with Crippen LogP contribution in [0.1, 0.15) is 38.2 Å². The zero-order valence-corrected chi connectivity index (χ0v) is 13.7. The number of nitrogens with one attached hydrogen (secondary N) is 1. The predicted molar refractivity (Wildman–Crippen MR) is 85.0 cm³/mol. The Kier molecular flexibility index (Phi) is 5.22. The van der Waals surface area contributed by atoms with Gasteiger partial charge in [-0.3, -0.25) is 0 Å². The van der Waals surface area contributed by atoms with Crippen LogP contribution in [0.4, 0.5) is 0 Å². The van der Waals surface area contributed by atoms with Crippen molar-refractivity contribution in [2.24, 2.45) is 0 Å². The van der Waals surface area contributed by atoms with Gasteiger partial charge in [-0.05, 0) is 49.6 Å². The molecule has 1 aliphatic rings. The van der Waals surface area contributed by atoms with Gasteiger partial charge >= 0.3 is 0 Å². The predicted octanol–water partition coefficient (Wildman–Crippen LogP) is 3.85. The van der Waals surface area contributed by atoms with Crippen LogP contribution in [0.5, 0.6) is 11.5 Å².